The van der Waals surface area contributed by atoms with Crippen molar-refractivity contribution in [2.45, 2.75) is 6.54 Å². The number of hydrogen-bond acceptors (Lipinski definition) is 3. The first-order valence-corrected chi connectivity index (χ1v) is 8.08. The molecule has 1 aliphatic heterocycles. The van der Waals surface area contributed by atoms with Crippen molar-refractivity contribution >= 4 is 17.7 Å². The lowest BCUT2D eigenvalue weighted by molar-refractivity contribution is 0.171. The first kappa shape index (κ1) is 15.9. The third-order valence-electron chi connectivity index (χ3n) is 3.64. The van der Waals surface area contributed by atoms with Gasteiger partial charge in [0.05, 0.1) is 0 Å². The average molecular weight is 330 g/mol. The van der Waals surface area contributed by atoms with Crippen LogP contribution in [0.1, 0.15) is 11.1 Å². The molecule has 0 saturated carbocycles. The molecule has 0 fully saturated rings. The van der Waals surface area contributed by atoms with Crippen molar-refractivity contribution in [3.05, 3.63) is 64.7 Å². The van der Waals surface area contributed by atoms with Crippen molar-refractivity contribution in [1.82, 2.24) is 4.90 Å². The van der Waals surface area contributed by atoms with Gasteiger partial charge in [0.25, 0.3) is 0 Å². The smallest absolute Gasteiger partial charge is 0.161 e. The summed E-state index contributed by atoms with van der Waals surface area (Å²) in [5.41, 5.74) is 2.33. The van der Waals surface area contributed by atoms with Gasteiger partial charge in [-0.2, -0.15) is 0 Å². The Hall–Kier alpha value is -1.97. The van der Waals surface area contributed by atoms with E-state index >= 15 is 0 Å². The molecule has 2 aromatic rings. The molecule has 2 aromatic carbocycles. The Kier molecular flexibility index (Phi) is 5.21. The molecule has 0 radical (unpaired) electrons. The molecule has 0 atom stereocenters. The zero-order valence-electron chi connectivity index (χ0n) is 13.2. The number of likely N-dealkylation sites (N-methyl/N-ethyl adjacent to an activating group) is 1. The molecule has 0 saturated heterocycles. The summed E-state index contributed by atoms with van der Waals surface area (Å²) in [5.74, 6) is 1.68. The molecular formula is C19H20ClNO2. The SMILES string of the molecule is CN(CC=Cc1cccc(Cl)c1)Cc1ccc2c(c1)OCCO2. The summed E-state index contributed by atoms with van der Waals surface area (Å²) in [7, 11) is 2.10. The highest BCUT2D eigenvalue weighted by Gasteiger charge is 2.12. The van der Waals surface area contributed by atoms with Crippen molar-refractivity contribution in [2.24, 2.45) is 0 Å². The van der Waals surface area contributed by atoms with E-state index < -0.39 is 0 Å². The summed E-state index contributed by atoms with van der Waals surface area (Å²) in [6, 6.07) is 14.0. The van der Waals surface area contributed by atoms with Crippen LogP contribution in [-0.4, -0.2) is 31.7 Å². The van der Waals surface area contributed by atoms with Crippen molar-refractivity contribution < 1.29 is 9.47 Å². The van der Waals surface area contributed by atoms with Crippen LogP contribution in [0.2, 0.25) is 5.02 Å². The van der Waals surface area contributed by atoms with Crippen LogP contribution < -0.4 is 9.47 Å². The molecule has 1 aliphatic rings. The maximum atomic E-state index is 5.99. The predicted octanol–water partition coefficient (Wildman–Crippen LogP) is 4.26. The van der Waals surface area contributed by atoms with Gasteiger partial charge in [-0.1, -0.05) is 42.0 Å². The van der Waals surface area contributed by atoms with Gasteiger partial charge < -0.3 is 9.47 Å². The Labute approximate surface area is 142 Å². The second kappa shape index (κ2) is 7.53. The topological polar surface area (TPSA) is 21.7 Å². The third-order valence-corrected chi connectivity index (χ3v) is 3.87. The summed E-state index contributed by atoms with van der Waals surface area (Å²) in [6.45, 7) is 2.96. The lowest BCUT2D eigenvalue weighted by Gasteiger charge is -2.20. The number of benzene rings is 2. The molecule has 0 bridgehead atoms. The van der Waals surface area contributed by atoms with Gasteiger partial charge >= 0.3 is 0 Å². The zero-order chi connectivity index (χ0) is 16.1. The van der Waals surface area contributed by atoms with Crippen LogP contribution in [0.5, 0.6) is 11.5 Å². The molecule has 23 heavy (non-hydrogen) atoms. The van der Waals surface area contributed by atoms with Crippen molar-refractivity contribution in [2.75, 3.05) is 26.8 Å². The van der Waals surface area contributed by atoms with Gasteiger partial charge in [-0.15, -0.1) is 0 Å². The zero-order valence-corrected chi connectivity index (χ0v) is 13.9. The molecule has 120 valence electrons. The molecule has 0 aromatic heterocycles. The quantitative estimate of drug-likeness (QED) is 0.818. The maximum Gasteiger partial charge on any atom is 0.161 e. The van der Waals surface area contributed by atoms with Crippen LogP contribution in [0.3, 0.4) is 0 Å². The van der Waals surface area contributed by atoms with E-state index in [2.05, 4.69) is 36.2 Å². The van der Waals surface area contributed by atoms with Crippen LogP contribution in [0, 0.1) is 0 Å². The van der Waals surface area contributed by atoms with Crippen LogP contribution in [0.15, 0.2) is 48.5 Å². The summed E-state index contributed by atoms with van der Waals surface area (Å²) >= 11 is 5.99. The largest absolute Gasteiger partial charge is 0.486 e. The van der Waals surface area contributed by atoms with Gasteiger partial charge in [-0.3, -0.25) is 4.90 Å². The number of ether oxygens (including phenoxy) is 2. The molecule has 0 aliphatic carbocycles. The highest BCUT2D eigenvalue weighted by molar-refractivity contribution is 6.30. The molecule has 3 rings (SSSR count). The fourth-order valence-corrected chi connectivity index (χ4v) is 2.74. The maximum absolute atomic E-state index is 5.99. The second-order valence-electron chi connectivity index (χ2n) is 5.63. The Bertz CT molecular complexity index is 700. The average Bonchev–Trinajstić information content (AvgIpc) is 2.55. The van der Waals surface area contributed by atoms with Gasteiger partial charge in [0, 0.05) is 18.1 Å². The second-order valence-corrected chi connectivity index (χ2v) is 6.07. The van der Waals surface area contributed by atoms with E-state index in [9.17, 15) is 0 Å². The van der Waals surface area contributed by atoms with Crippen LogP contribution in [-0.2, 0) is 6.54 Å². The molecule has 3 nitrogen and oxygen atoms in total. The molecule has 0 unspecified atom stereocenters. The van der Waals surface area contributed by atoms with Gasteiger partial charge in [-0.05, 0) is 42.4 Å². The van der Waals surface area contributed by atoms with Gasteiger partial charge in [0.2, 0.25) is 0 Å². The fourth-order valence-electron chi connectivity index (χ4n) is 2.54. The van der Waals surface area contributed by atoms with E-state index in [-0.39, 0.29) is 0 Å². The minimum Gasteiger partial charge on any atom is -0.486 e. The highest BCUT2D eigenvalue weighted by Crippen LogP contribution is 2.31. The third kappa shape index (κ3) is 4.50. The molecule has 0 N–H and O–H groups in total. The molecular weight excluding hydrogens is 310 g/mol. The van der Waals surface area contributed by atoms with Crippen LogP contribution >= 0.6 is 11.6 Å². The number of hydrogen-bond donors (Lipinski definition) is 0. The van der Waals surface area contributed by atoms with Gasteiger partial charge in [-0.25, -0.2) is 0 Å². The van der Waals surface area contributed by atoms with E-state index in [0.717, 1.165) is 35.2 Å². The number of nitrogens with zero attached hydrogens (tertiary/aromatic N) is 1. The number of halogens is 1. The van der Waals surface area contributed by atoms with Crippen molar-refractivity contribution in [1.29, 1.82) is 0 Å². The Balaban J connectivity index is 1.56. The predicted molar refractivity (Wildman–Crippen MR) is 94.3 cm³/mol. The normalized spacial score (nSPS) is 13.7. The molecule has 1 heterocycles. The highest BCUT2D eigenvalue weighted by atomic mass is 35.5. The molecule has 0 spiro atoms. The van der Waals surface area contributed by atoms with E-state index in [1.807, 2.05) is 30.3 Å². The lowest BCUT2D eigenvalue weighted by atomic mass is 10.1. The monoisotopic (exact) mass is 329 g/mol. The Morgan fingerprint density at radius 1 is 1.09 bits per heavy atom. The van der Waals surface area contributed by atoms with E-state index in [4.69, 9.17) is 21.1 Å². The first-order chi connectivity index (χ1) is 11.2. The van der Waals surface area contributed by atoms with Crippen LogP contribution in [0.4, 0.5) is 0 Å². The van der Waals surface area contributed by atoms with Gasteiger partial charge in [0.1, 0.15) is 13.2 Å². The van der Waals surface area contributed by atoms with Crippen LogP contribution in [0.25, 0.3) is 6.08 Å². The standard InChI is InChI=1S/C19H20ClNO2/c1-21(9-3-5-15-4-2-6-17(20)12-15)14-16-7-8-18-19(13-16)23-11-10-22-18/h2-8,12-13H,9-11,14H2,1H3. The minimum absolute atomic E-state index is 0.620. The van der Waals surface area contributed by atoms with E-state index in [1.165, 1.54) is 5.56 Å². The summed E-state index contributed by atoms with van der Waals surface area (Å²) in [5, 5.41) is 0.761. The van der Waals surface area contributed by atoms with Gasteiger partial charge in [0.15, 0.2) is 11.5 Å². The fraction of sp³-hybridized carbons (Fsp3) is 0.263. The van der Waals surface area contributed by atoms with E-state index in [1.54, 1.807) is 0 Å². The minimum atomic E-state index is 0.620. The number of fused-ring (bicyclic) bond motifs is 1. The number of rotatable bonds is 5. The summed E-state index contributed by atoms with van der Waals surface area (Å²) < 4.78 is 11.2. The molecule has 0 amide bonds. The Morgan fingerprint density at radius 3 is 2.74 bits per heavy atom. The summed E-state index contributed by atoms with van der Waals surface area (Å²) in [4.78, 5) is 2.24. The van der Waals surface area contributed by atoms with Crippen molar-refractivity contribution in [3.63, 3.8) is 0 Å². The Morgan fingerprint density at radius 2 is 1.91 bits per heavy atom. The molecule has 4 heteroatoms. The summed E-state index contributed by atoms with van der Waals surface area (Å²) in [6.07, 6.45) is 4.23. The lowest BCUT2D eigenvalue weighted by Crippen LogP contribution is -2.19. The van der Waals surface area contributed by atoms with E-state index in [0.29, 0.717) is 13.2 Å². The van der Waals surface area contributed by atoms with Crippen molar-refractivity contribution in [3.8, 4) is 11.5 Å². The first-order valence-electron chi connectivity index (χ1n) is 7.70.